The van der Waals surface area contributed by atoms with Crippen LogP contribution in [-0.2, 0) is 5.60 Å². The van der Waals surface area contributed by atoms with Crippen LogP contribution in [0.25, 0.3) is 0 Å². The molecular weight excluding hydrogens is 183 g/mol. The Kier molecular flexibility index (Phi) is 2.25. The number of aromatic nitrogens is 1. The maximum Gasteiger partial charge on any atom is 0.147 e. The van der Waals surface area contributed by atoms with Crippen LogP contribution < -0.4 is 5.73 Å². The van der Waals surface area contributed by atoms with E-state index in [0.29, 0.717) is 18.4 Å². The second kappa shape index (κ2) is 3.29. The average Bonchev–Trinajstić information content (AvgIpc) is 2.48. The first-order chi connectivity index (χ1) is 6.62. The summed E-state index contributed by atoms with van der Waals surface area (Å²) in [5.41, 5.74) is 4.93. The van der Waals surface area contributed by atoms with Gasteiger partial charge in [-0.1, -0.05) is 0 Å². The molecule has 2 unspecified atom stereocenters. The maximum absolute atomic E-state index is 13.4. The normalized spacial score (nSPS) is 32.1. The van der Waals surface area contributed by atoms with Crippen LogP contribution in [0.3, 0.4) is 0 Å². The zero-order chi connectivity index (χ0) is 10.2. The number of aliphatic hydroxyl groups is 1. The Morgan fingerprint density at radius 1 is 1.64 bits per heavy atom. The topological polar surface area (TPSA) is 59.1 Å². The average molecular weight is 196 g/mol. The first-order valence-electron chi connectivity index (χ1n) is 4.70. The van der Waals surface area contributed by atoms with E-state index in [0.717, 1.165) is 12.6 Å². The SMILES string of the molecule is NC1CCC(O)(c2ccncc2F)C1. The molecule has 0 aromatic carbocycles. The van der Waals surface area contributed by atoms with Crippen molar-refractivity contribution < 1.29 is 9.50 Å². The quantitative estimate of drug-likeness (QED) is 0.702. The molecule has 3 N–H and O–H groups in total. The molecule has 0 spiro atoms. The van der Waals surface area contributed by atoms with Crippen LogP contribution in [0.15, 0.2) is 18.5 Å². The predicted molar refractivity (Wildman–Crippen MR) is 49.9 cm³/mol. The molecule has 14 heavy (non-hydrogen) atoms. The molecule has 3 nitrogen and oxygen atoms in total. The molecule has 2 atom stereocenters. The van der Waals surface area contributed by atoms with Gasteiger partial charge in [0, 0.05) is 17.8 Å². The second-order valence-corrected chi connectivity index (χ2v) is 3.89. The maximum atomic E-state index is 13.4. The van der Waals surface area contributed by atoms with Crippen molar-refractivity contribution in [2.75, 3.05) is 0 Å². The lowest BCUT2D eigenvalue weighted by atomic mass is 9.92. The van der Waals surface area contributed by atoms with E-state index >= 15 is 0 Å². The number of hydrogen-bond acceptors (Lipinski definition) is 3. The highest BCUT2D eigenvalue weighted by Gasteiger charge is 2.38. The molecule has 1 aromatic heterocycles. The molecule has 0 bridgehead atoms. The lowest BCUT2D eigenvalue weighted by Crippen LogP contribution is -2.26. The molecule has 1 aliphatic carbocycles. The number of nitrogens with two attached hydrogens (primary N) is 1. The Balaban J connectivity index is 2.35. The van der Waals surface area contributed by atoms with Crippen molar-refractivity contribution in [1.82, 2.24) is 4.98 Å². The summed E-state index contributed by atoms with van der Waals surface area (Å²) in [7, 11) is 0. The molecule has 4 heteroatoms. The van der Waals surface area contributed by atoms with E-state index in [2.05, 4.69) is 4.98 Å². The van der Waals surface area contributed by atoms with Crippen LogP contribution in [0.4, 0.5) is 4.39 Å². The van der Waals surface area contributed by atoms with Crippen LogP contribution in [-0.4, -0.2) is 16.1 Å². The minimum atomic E-state index is -1.09. The van der Waals surface area contributed by atoms with E-state index in [1.807, 2.05) is 0 Å². The van der Waals surface area contributed by atoms with Crippen LogP contribution in [0.1, 0.15) is 24.8 Å². The number of halogens is 1. The summed E-state index contributed by atoms with van der Waals surface area (Å²) in [4.78, 5) is 3.65. The minimum Gasteiger partial charge on any atom is -0.385 e. The fourth-order valence-corrected chi connectivity index (χ4v) is 2.06. The number of pyridine rings is 1. The third-order valence-electron chi connectivity index (χ3n) is 2.80. The Bertz CT molecular complexity index is 345. The molecule has 1 aromatic rings. The molecule has 1 fully saturated rings. The Morgan fingerprint density at radius 2 is 2.43 bits per heavy atom. The van der Waals surface area contributed by atoms with Crippen molar-refractivity contribution in [2.24, 2.45) is 5.73 Å². The van der Waals surface area contributed by atoms with Crippen LogP contribution in [0, 0.1) is 5.82 Å². The summed E-state index contributed by atoms with van der Waals surface area (Å²) in [6.45, 7) is 0. The molecule has 1 heterocycles. The van der Waals surface area contributed by atoms with Crippen molar-refractivity contribution in [3.05, 3.63) is 29.8 Å². The third-order valence-corrected chi connectivity index (χ3v) is 2.80. The van der Waals surface area contributed by atoms with Gasteiger partial charge in [-0.2, -0.15) is 0 Å². The van der Waals surface area contributed by atoms with E-state index in [1.54, 1.807) is 0 Å². The van der Waals surface area contributed by atoms with Crippen molar-refractivity contribution >= 4 is 0 Å². The summed E-state index contributed by atoms with van der Waals surface area (Å²) in [5.74, 6) is -0.455. The van der Waals surface area contributed by atoms with Crippen molar-refractivity contribution in [2.45, 2.75) is 30.9 Å². The van der Waals surface area contributed by atoms with Gasteiger partial charge in [0.25, 0.3) is 0 Å². The first kappa shape index (κ1) is 9.55. The van der Waals surface area contributed by atoms with Gasteiger partial charge in [0.05, 0.1) is 11.8 Å². The number of rotatable bonds is 1. The first-order valence-corrected chi connectivity index (χ1v) is 4.70. The van der Waals surface area contributed by atoms with Crippen molar-refractivity contribution in [3.63, 3.8) is 0 Å². The molecule has 1 aliphatic rings. The van der Waals surface area contributed by atoms with Gasteiger partial charge in [-0.25, -0.2) is 4.39 Å². The second-order valence-electron chi connectivity index (χ2n) is 3.89. The van der Waals surface area contributed by atoms with Crippen LogP contribution in [0.2, 0.25) is 0 Å². The van der Waals surface area contributed by atoms with E-state index in [9.17, 15) is 9.50 Å². The van der Waals surface area contributed by atoms with Gasteiger partial charge in [-0.15, -0.1) is 0 Å². The molecule has 2 rings (SSSR count). The molecule has 0 radical (unpaired) electrons. The van der Waals surface area contributed by atoms with Crippen molar-refractivity contribution in [1.29, 1.82) is 0 Å². The van der Waals surface area contributed by atoms with Gasteiger partial charge < -0.3 is 10.8 Å². The standard InChI is InChI=1S/C10H13FN2O/c11-9-6-13-4-2-8(9)10(14)3-1-7(12)5-10/h2,4,6-7,14H,1,3,5,12H2. The molecule has 0 amide bonds. The van der Waals surface area contributed by atoms with Crippen molar-refractivity contribution in [3.8, 4) is 0 Å². The van der Waals surface area contributed by atoms with Gasteiger partial charge in [-0.3, -0.25) is 4.98 Å². The molecular formula is C10H13FN2O. The van der Waals surface area contributed by atoms with Gasteiger partial charge in [-0.05, 0) is 25.3 Å². The van der Waals surface area contributed by atoms with E-state index < -0.39 is 11.4 Å². The highest BCUT2D eigenvalue weighted by Crippen LogP contribution is 2.38. The Hall–Kier alpha value is -1.00. The lowest BCUT2D eigenvalue weighted by molar-refractivity contribution is 0.0393. The van der Waals surface area contributed by atoms with Gasteiger partial charge >= 0.3 is 0 Å². The zero-order valence-electron chi connectivity index (χ0n) is 7.78. The van der Waals surface area contributed by atoms with Gasteiger partial charge in [0.1, 0.15) is 5.82 Å². The molecule has 1 saturated carbocycles. The fourth-order valence-electron chi connectivity index (χ4n) is 2.06. The van der Waals surface area contributed by atoms with E-state index in [-0.39, 0.29) is 6.04 Å². The summed E-state index contributed by atoms with van der Waals surface area (Å²) >= 11 is 0. The third kappa shape index (κ3) is 1.51. The molecule has 76 valence electrons. The largest absolute Gasteiger partial charge is 0.385 e. The molecule has 0 aliphatic heterocycles. The van der Waals surface area contributed by atoms with E-state index in [4.69, 9.17) is 5.73 Å². The number of hydrogen-bond donors (Lipinski definition) is 2. The minimum absolute atomic E-state index is 0.0347. The Morgan fingerprint density at radius 3 is 3.00 bits per heavy atom. The monoisotopic (exact) mass is 196 g/mol. The summed E-state index contributed by atoms with van der Waals surface area (Å²) in [5, 5.41) is 10.2. The van der Waals surface area contributed by atoms with Gasteiger partial charge in [0.15, 0.2) is 0 Å². The van der Waals surface area contributed by atoms with Crippen LogP contribution in [0.5, 0.6) is 0 Å². The smallest absolute Gasteiger partial charge is 0.147 e. The predicted octanol–water partition coefficient (Wildman–Crippen LogP) is 0.920. The fraction of sp³-hybridized carbons (Fsp3) is 0.500. The summed E-state index contributed by atoms with van der Waals surface area (Å²) in [6, 6.07) is 1.49. The highest BCUT2D eigenvalue weighted by molar-refractivity contribution is 5.23. The Labute approximate surface area is 81.8 Å². The van der Waals surface area contributed by atoms with Crippen LogP contribution >= 0.6 is 0 Å². The molecule has 0 saturated heterocycles. The van der Waals surface area contributed by atoms with Gasteiger partial charge in [0.2, 0.25) is 0 Å². The number of nitrogens with zero attached hydrogens (tertiary/aromatic N) is 1. The highest BCUT2D eigenvalue weighted by atomic mass is 19.1. The zero-order valence-corrected chi connectivity index (χ0v) is 7.78. The lowest BCUT2D eigenvalue weighted by Gasteiger charge is -2.23. The summed E-state index contributed by atoms with van der Waals surface area (Å²) < 4.78 is 13.4. The summed E-state index contributed by atoms with van der Waals surface area (Å²) in [6.07, 6.45) is 4.29. The van der Waals surface area contributed by atoms with E-state index in [1.165, 1.54) is 12.3 Å².